The molecule has 0 bridgehead atoms. The van der Waals surface area contributed by atoms with Gasteiger partial charge in [-0.2, -0.15) is 5.26 Å². The number of nitrogens with one attached hydrogen (secondary N) is 1. The second kappa shape index (κ2) is 8.13. The molecule has 1 amide bonds. The molecule has 0 spiro atoms. The van der Waals surface area contributed by atoms with Crippen molar-refractivity contribution >= 4 is 34.1 Å². The molecule has 1 aliphatic rings. The summed E-state index contributed by atoms with van der Waals surface area (Å²) in [4.78, 5) is 13.0. The van der Waals surface area contributed by atoms with Gasteiger partial charge in [-0.05, 0) is 36.1 Å². The molecule has 0 saturated heterocycles. The number of nitriles is 1. The molecular weight excluding hydrogens is 388 g/mol. The molecule has 1 saturated carbocycles. The van der Waals surface area contributed by atoms with E-state index in [1.807, 2.05) is 54.6 Å². The standard InChI is InChI=1S/C21H18N4OS2/c22-13-15-7-9-16(10-8-15)14-27-20-25-24-19(28-20)23-18(26)21(11-4-12-21)17-5-2-1-3-6-17/h1-3,5-10H,4,11-12,14H2,(H,23,24,26). The lowest BCUT2D eigenvalue weighted by Crippen LogP contribution is -2.45. The van der Waals surface area contributed by atoms with Gasteiger partial charge in [-0.1, -0.05) is 72.0 Å². The van der Waals surface area contributed by atoms with E-state index in [4.69, 9.17) is 5.26 Å². The van der Waals surface area contributed by atoms with Crippen LogP contribution in [-0.2, 0) is 16.0 Å². The van der Waals surface area contributed by atoms with Gasteiger partial charge in [0.1, 0.15) is 0 Å². The normalized spacial score (nSPS) is 14.7. The van der Waals surface area contributed by atoms with Gasteiger partial charge in [0.25, 0.3) is 0 Å². The Kier molecular flexibility index (Phi) is 5.42. The van der Waals surface area contributed by atoms with E-state index in [1.54, 1.807) is 11.8 Å². The van der Waals surface area contributed by atoms with Crippen LogP contribution >= 0.6 is 23.1 Å². The number of hydrogen-bond donors (Lipinski definition) is 1. The smallest absolute Gasteiger partial charge is 0.236 e. The van der Waals surface area contributed by atoms with Crippen LogP contribution in [0.2, 0.25) is 0 Å². The molecule has 1 aromatic heterocycles. The highest BCUT2D eigenvalue weighted by molar-refractivity contribution is 8.00. The number of rotatable bonds is 6. The Morgan fingerprint density at radius 2 is 1.89 bits per heavy atom. The van der Waals surface area contributed by atoms with Gasteiger partial charge in [-0.3, -0.25) is 10.1 Å². The second-order valence-corrected chi connectivity index (χ2v) is 8.93. The quantitative estimate of drug-likeness (QED) is 0.471. The van der Waals surface area contributed by atoms with E-state index >= 15 is 0 Å². The van der Waals surface area contributed by atoms with E-state index in [-0.39, 0.29) is 5.91 Å². The van der Waals surface area contributed by atoms with Crippen LogP contribution < -0.4 is 5.32 Å². The summed E-state index contributed by atoms with van der Waals surface area (Å²) in [6, 6.07) is 19.6. The highest BCUT2D eigenvalue weighted by atomic mass is 32.2. The van der Waals surface area contributed by atoms with E-state index in [0.29, 0.717) is 10.7 Å². The average Bonchev–Trinajstić information content (AvgIpc) is 3.14. The molecule has 3 aromatic rings. The zero-order valence-corrected chi connectivity index (χ0v) is 16.7. The monoisotopic (exact) mass is 406 g/mol. The van der Waals surface area contributed by atoms with Gasteiger partial charge in [0, 0.05) is 5.75 Å². The molecule has 0 unspecified atom stereocenters. The van der Waals surface area contributed by atoms with Crippen LogP contribution in [0.4, 0.5) is 5.13 Å². The average molecular weight is 407 g/mol. The van der Waals surface area contributed by atoms with Crippen molar-refractivity contribution in [1.82, 2.24) is 10.2 Å². The third-order valence-electron chi connectivity index (χ3n) is 5.04. The van der Waals surface area contributed by atoms with Gasteiger partial charge in [-0.25, -0.2) is 0 Å². The third kappa shape index (κ3) is 3.79. The number of nitrogens with zero attached hydrogens (tertiary/aromatic N) is 3. The first-order valence-corrected chi connectivity index (χ1v) is 10.8. The first-order chi connectivity index (χ1) is 13.7. The van der Waals surface area contributed by atoms with Crippen molar-refractivity contribution in [2.24, 2.45) is 0 Å². The molecule has 0 atom stereocenters. The number of carbonyl (C=O) groups is 1. The van der Waals surface area contributed by atoms with Crippen molar-refractivity contribution in [2.75, 3.05) is 5.32 Å². The van der Waals surface area contributed by atoms with E-state index < -0.39 is 5.41 Å². The number of amides is 1. The SMILES string of the molecule is N#Cc1ccc(CSc2nnc(NC(=O)C3(c4ccccc4)CCC3)s2)cc1. The molecule has 1 aliphatic carbocycles. The molecule has 4 rings (SSSR count). The molecule has 2 aromatic carbocycles. The number of aromatic nitrogens is 2. The van der Waals surface area contributed by atoms with Crippen LogP contribution in [0.5, 0.6) is 0 Å². The first-order valence-electron chi connectivity index (χ1n) is 9.02. The summed E-state index contributed by atoms with van der Waals surface area (Å²) in [5.74, 6) is 0.743. The topological polar surface area (TPSA) is 78.7 Å². The summed E-state index contributed by atoms with van der Waals surface area (Å²) in [6.45, 7) is 0. The molecule has 1 N–H and O–H groups in total. The van der Waals surface area contributed by atoms with Gasteiger partial charge in [0.2, 0.25) is 11.0 Å². The molecule has 1 heterocycles. The van der Waals surface area contributed by atoms with Crippen LogP contribution in [0.3, 0.4) is 0 Å². The highest BCUT2D eigenvalue weighted by Crippen LogP contribution is 2.44. The zero-order valence-electron chi connectivity index (χ0n) is 15.1. The Morgan fingerprint density at radius 1 is 1.14 bits per heavy atom. The van der Waals surface area contributed by atoms with Crippen molar-refractivity contribution in [3.8, 4) is 6.07 Å². The van der Waals surface area contributed by atoms with E-state index in [0.717, 1.165) is 40.5 Å². The van der Waals surface area contributed by atoms with Crippen LogP contribution in [0.1, 0.15) is 36.0 Å². The maximum absolute atomic E-state index is 13.0. The Labute approximate surface area is 171 Å². The van der Waals surface area contributed by atoms with Crippen LogP contribution in [0.15, 0.2) is 58.9 Å². The predicted molar refractivity (Wildman–Crippen MR) is 111 cm³/mol. The lowest BCUT2D eigenvalue weighted by atomic mass is 9.64. The highest BCUT2D eigenvalue weighted by Gasteiger charge is 2.45. The Hall–Kier alpha value is -2.69. The predicted octanol–water partition coefficient (Wildman–Crippen LogP) is 4.76. The summed E-state index contributed by atoms with van der Waals surface area (Å²) in [6.07, 6.45) is 2.79. The number of benzene rings is 2. The molecule has 140 valence electrons. The maximum Gasteiger partial charge on any atom is 0.236 e. The fraction of sp³-hybridized carbons (Fsp3) is 0.238. The molecule has 0 radical (unpaired) electrons. The zero-order chi connectivity index (χ0) is 19.4. The minimum Gasteiger partial charge on any atom is -0.300 e. The number of thioether (sulfide) groups is 1. The van der Waals surface area contributed by atoms with Crippen molar-refractivity contribution in [1.29, 1.82) is 5.26 Å². The summed E-state index contributed by atoms with van der Waals surface area (Å²) >= 11 is 2.96. The number of hydrogen-bond acceptors (Lipinski definition) is 6. The van der Waals surface area contributed by atoms with Gasteiger partial charge in [0.15, 0.2) is 4.34 Å². The molecule has 5 nitrogen and oxygen atoms in total. The Morgan fingerprint density at radius 3 is 2.54 bits per heavy atom. The largest absolute Gasteiger partial charge is 0.300 e. The number of anilines is 1. The van der Waals surface area contributed by atoms with Gasteiger partial charge >= 0.3 is 0 Å². The fourth-order valence-electron chi connectivity index (χ4n) is 3.29. The summed E-state index contributed by atoms with van der Waals surface area (Å²) in [5.41, 5.74) is 2.39. The minimum absolute atomic E-state index is 0.00439. The molecular formula is C21H18N4OS2. The van der Waals surface area contributed by atoms with E-state index in [1.165, 1.54) is 11.3 Å². The van der Waals surface area contributed by atoms with Gasteiger partial charge in [0.05, 0.1) is 17.0 Å². The lowest BCUT2D eigenvalue weighted by Gasteiger charge is -2.40. The second-order valence-electron chi connectivity index (χ2n) is 6.73. The summed E-state index contributed by atoms with van der Waals surface area (Å²) in [7, 11) is 0. The molecule has 0 aliphatic heterocycles. The van der Waals surface area contributed by atoms with Crippen molar-refractivity contribution in [3.63, 3.8) is 0 Å². The van der Waals surface area contributed by atoms with E-state index in [9.17, 15) is 4.79 Å². The van der Waals surface area contributed by atoms with Crippen LogP contribution in [-0.4, -0.2) is 16.1 Å². The van der Waals surface area contributed by atoms with E-state index in [2.05, 4.69) is 21.6 Å². The molecule has 28 heavy (non-hydrogen) atoms. The van der Waals surface area contributed by atoms with Crippen LogP contribution in [0.25, 0.3) is 0 Å². The fourth-order valence-corrected chi connectivity index (χ4v) is 4.99. The van der Waals surface area contributed by atoms with Gasteiger partial charge < -0.3 is 0 Å². The Bertz CT molecular complexity index is 1000. The Balaban J connectivity index is 1.39. The third-order valence-corrected chi connectivity index (χ3v) is 7.08. The van der Waals surface area contributed by atoms with Crippen molar-refractivity contribution in [3.05, 3.63) is 71.3 Å². The summed E-state index contributed by atoms with van der Waals surface area (Å²) < 4.78 is 0.807. The minimum atomic E-state index is -0.442. The van der Waals surface area contributed by atoms with Crippen molar-refractivity contribution in [2.45, 2.75) is 34.8 Å². The maximum atomic E-state index is 13.0. The summed E-state index contributed by atoms with van der Waals surface area (Å²) in [5, 5.41) is 20.7. The van der Waals surface area contributed by atoms with Crippen LogP contribution in [0, 0.1) is 11.3 Å². The van der Waals surface area contributed by atoms with Gasteiger partial charge in [-0.15, -0.1) is 10.2 Å². The van der Waals surface area contributed by atoms with Crippen molar-refractivity contribution < 1.29 is 4.79 Å². The molecule has 1 fully saturated rings. The number of carbonyl (C=O) groups excluding carboxylic acids is 1. The lowest BCUT2D eigenvalue weighted by molar-refractivity contribution is -0.124. The molecule has 7 heteroatoms. The first kappa shape index (κ1) is 18.7.